The quantitative estimate of drug-likeness (QED) is 0.756. The van der Waals surface area contributed by atoms with Crippen LogP contribution in [0.4, 0.5) is 4.39 Å². The van der Waals surface area contributed by atoms with Gasteiger partial charge in [-0.2, -0.15) is 0 Å². The Labute approximate surface area is 109 Å². The van der Waals surface area contributed by atoms with E-state index < -0.39 is 15.7 Å². The second-order valence-electron chi connectivity index (χ2n) is 3.51. The van der Waals surface area contributed by atoms with Gasteiger partial charge in [0.15, 0.2) is 0 Å². The maximum Gasteiger partial charge on any atom is 0.150 e. The summed E-state index contributed by atoms with van der Waals surface area (Å²) < 4.78 is 41.1. The van der Waals surface area contributed by atoms with Gasteiger partial charge in [-0.15, -0.1) is 0 Å². The Bertz CT molecular complexity index is 474. The van der Waals surface area contributed by atoms with Crippen LogP contribution >= 0.6 is 15.9 Å². The highest BCUT2D eigenvalue weighted by Crippen LogP contribution is 2.20. The van der Waals surface area contributed by atoms with Crippen LogP contribution in [0.25, 0.3) is 0 Å². The third kappa shape index (κ3) is 5.04. The van der Waals surface area contributed by atoms with Gasteiger partial charge in [-0.25, -0.2) is 12.8 Å². The van der Waals surface area contributed by atoms with Gasteiger partial charge < -0.3 is 4.74 Å². The van der Waals surface area contributed by atoms with Gasteiger partial charge in [-0.3, -0.25) is 0 Å². The zero-order valence-corrected chi connectivity index (χ0v) is 11.9. The molecule has 0 aliphatic carbocycles. The molecule has 0 aliphatic heterocycles. The Morgan fingerprint density at radius 2 is 2.12 bits per heavy atom. The highest BCUT2D eigenvalue weighted by Gasteiger charge is 2.07. The van der Waals surface area contributed by atoms with Crippen LogP contribution in [0, 0.1) is 5.82 Å². The van der Waals surface area contributed by atoms with E-state index in [1.54, 1.807) is 19.1 Å². The van der Waals surface area contributed by atoms with Crippen LogP contribution in [0.2, 0.25) is 0 Å². The summed E-state index contributed by atoms with van der Waals surface area (Å²) in [5, 5.41) is 0. The predicted octanol–water partition coefficient (Wildman–Crippen LogP) is 2.79. The van der Waals surface area contributed by atoms with Crippen LogP contribution in [0.1, 0.15) is 13.3 Å². The van der Waals surface area contributed by atoms with E-state index in [0.717, 1.165) is 0 Å². The first-order valence-corrected chi connectivity index (χ1v) is 7.84. The van der Waals surface area contributed by atoms with Crippen molar-refractivity contribution in [2.24, 2.45) is 0 Å². The lowest BCUT2D eigenvalue weighted by atomic mass is 10.3. The average Bonchev–Trinajstić information content (AvgIpc) is 2.29. The minimum Gasteiger partial charge on any atom is -0.493 e. The van der Waals surface area contributed by atoms with Crippen molar-refractivity contribution < 1.29 is 17.5 Å². The first kappa shape index (κ1) is 14.4. The lowest BCUT2D eigenvalue weighted by Crippen LogP contribution is -2.11. The van der Waals surface area contributed by atoms with Crippen LogP contribution in [-0.2, 0) is 9.84 Å². The molecule has 1 rings (SSSR count). The van der Waals surface area contributed by atoms with Crippen LogP contribution in [-0.4, -0.2) is 26.5 Å². The fraction of sp³-hybridized carbons (Fsp3) is 0.455. The summed E-state index contributed by atoms with van der Waals surface area (Å²) in [5.41, 5.74) is 0. The van der Waals surface area contributed by atoms with Crippen molar-refractivity contribution in [3.63, 3.8) is 0 Å². The maximum atomic E-state index is 13.1. The molecular weight excluding hydrogens is 311 g/mol. The molecule has 17 heavy (non-hydrogen) atoms. The SMILES string of the molecule is CCS(=O)(=O)CCCOc1ccc(Br)c(F)c1. The van der Waals surface area contributed by atoms with E-state index in [1.807, 2.05) is 0 Å². The minimum absolute atomic E-state index is 0.0997. The highest BCUT2D eigenvalue weighted by atomic mass is 79.9. The number of halogens is 2. The van der Waals surface area contributed by atoms with Gasteiger partial charge in [0.25, 0.3) is 0 Å². The molecule has 6 heteroatoms. The molecule has 0 aliphatic rings. The van der Waals surface area contributed by atoms with Crippen LogP contribution in [0.15, 0.2) is 22.7 Å². The second-order valence-corrected chi connectivity index (χ2v) is 6.84. The monoisotopic (exact) mass is 324 g/mol. The summed E-state index contributed by atoms with van der Waals surface area (Å²) in [5.74, 6) is 0.242. The summed E-state index contributed by atoms with van der Waals surface area (Å²) >= 11 is 3.04. The van der Waals surface area contributed by atoms with E-state index in [1.165, 1.54) is 6.07 Å². The van der Waals surface area contributed by atoms with Crippen molar-refractivity contribution in [1.82, 2.24) is 0 Å². The lowest BCUT2D eigenvalue weighted by molar-refractivity contribution is 0.316. The van der Waals surface area contributed by atoms with E-state index in [2.05, 4.69) is 15.9 Å². The zero-order valence-electron chi connectivity index (χ0n) is 9.45. The first-order valence-electron chi connectivity index (χ1n) is 5.23. The lowest BCUT2D eigenvalue weighted by Gasteiger charge is -2.06. The number of benzene rings is 1. The molecule has 1 aromatic rings. The molecule has 0 heterocycles. The Balaban J connectivity index is 2.39. The number of hydrogen-bond acceptors (Lipinski definition) is 3. The topological polar surface area (TPSA) is 43.4 Å². The number of ether oxygens (including phenoxy) is 1. The standard InChI is InChI=1S/C11H14BrFO3S/c1-2-17(14,15)7-3-6-16-9-4-5-10(12)11(13)8-9/h4-5,8H,2-3,6-7H2,1H3. The number of hydrogen-bond donors (Lipinski definition) is 0. The molecule has 1 aromatic carbocycles. The number of sulfone groups is 1. The molecule has 0 fully saturated rings. The summed E-state index contributed by atoms with van der Waals surface area (Å²) in [6.45, 7) is 1.88. The zero-order chi connectivity index (χ0) is 12.9. The van der Waals surface area contributed by atoms with Gasteiger partial charge in [0.2, 0.25) is 0 Å². The molecule has 0 radical (unpaired) electrons. The summed E-state index contributed by atoms with van der Waals surface area (Å²) in [4.78, 5) is 0. The fourth-order valence-electron chi connectivity index (χ4n) is 1.18. The molecule has 0 saturated carbocycles. The van der Waals surface area contributed by atoms with Crippen LogP contribution in [0.5, 0.6) is 5.75 Å². The van der Waals surface area contributed by atoms with Gasteiger partial charge in [0, 0.05) is 11.8 Å². The van der Waals surface area contributed by atoms with E-state index >= 15 is 0 Å². The molecule has 0 amide bonds. The Morgan fingerprint density at radius 1 is 1.41 bits per heavy atom. The second kappa shape index (κ2) is 6.35. The summed E-state index contributed by atoms with van der Waals surface area (Å²) in [6.07, 6.45) is 0.411. The summed E-state index contributed by atoms with van der Waals surface area (Å²) in [6, 6.07) is 4.44. The third-order valence-electron chi connectivity index (χ3n) is 2.20. The van der Waals surface area contributed by atoms with Gasteiger partial charge in [0.05, 0.1) is 16.8 Å². The molecule has 0 N–H and O–H groups in total. The smallest absolute Gasteiger partial charge is 0.150 e. The largest absolute Gasteiger partial charge is 0.493 e. The van der Waals surface area contributed by atoms with Crippen molar-refractivity contribution in [2.45, 2.75) is 13.3 Å². The fourth-order valence-corrected chi connectivity index (χ4v) is 2.27. The molecule has 0 unspecified atom stereocenters. The van der Waals surface area contributed by atoms with E-state index in [0.29, 0.717) is 16.6 Å². The molecule has 0 saturated heterocycles. The normalized spacial score (nSPS) is 11.5. The highest BCUT2D eigenvalue weighted by molar-refractivity contribution is 9.10. The van der Waals surface area contributed by atoms with Crippen LogP contribution in [0.3, 0.4) is 0 Å². The molecule has 0 atom stereocenters. The van der Waals surface area contributed by atoms with Crippen molar-refractivity contribution in [2.75, 3.05) is 18.1 Å². The molecular formula is C11H14BrFO3S. The van der Waals surface area contributed by atoms with Gasteiger partial charge >= 0.3 is 0 Å². The maximum absolute atomic E-state index is 13.1. The van der Waals surface area contributed by atoms with Gasteiger partial charge in [0.1, 0.15) is 21.4 Å². The van der Waals surface area contributed by atoms with E-state index in [9.17, 15) is 12.8 Å². The molecule has 3 nitrogen and oxygen atoms in total. The number of rotatable bonds is 6. The summed E-state index contributed by atoms with van der Waals surface area (Å²) in [7, 11) is -2.95. The average molecular weight is 325 g/mol. The van der Waals surface area contributed by atoms with Crippen molar-refractivity contribution in [3.8, 4) is 5.75 Å². The Hall–Kier alpha value is -0.620. The van der Waals surface area contributed by atoms with Gasteiger partial charge in [-0.05, 0) is 34.5 Å². The van der Waals surface area contributed by atoms with E-state index in [4.69, 9.17) is 4.74 Å². The van der Waals surface area contributed by atoms with Crippen molar-refractivity contribution in [3.05, 3.63) is 28.5 Å². The van der Waals surface area contributed by atoms with Crippen LogP contribution < -0.4 is 4.74 Å². The van der Waals surface area contributed by atoms with E-state index in [-0.39, 0.29) is 18.1 Å². The molecule has 0 aromatic heterocycles. The molecule has 0 spiro atoms. The predicted molar refractivity (Wildman–Crippen MR) is 68.5 cm³/mol. The first-order chi connectivity index (χ1) is 7.94. The molecule has 0 bridgehead atoms. The van der Waals surface area contributed by atoms with Gasteiger partial charge in [-0.1, -0.05) is 6.92 Å². The van der Waals surface area contributed by atoms with Crippen molar-refractivity contribution >= 4 is 25.8 Å². The Morgan fingerprint density at radius 3 is 2.71 bits per heavy atom. The third-order valence-corrected chi connectivity index (χ3v) is 4.63. The minimum atomic E-state index is -2.95. The Kier molecular flexibility index (Phi) is 5.39. The van der Waals surface area contributed by atoms with Crippen molar-refractivity contribution in [1.29, 1.82) is 0 Å². The molecule has 96 valence electrons.